The maximum atomic E-state index is 6.33. The van der Waals surface area contributed by atoms with E-state index in [0.717, 1.165) is 44.4 Å². The Balaban J connectivity index is 1.06. The molecule has 0 unspecified atom stereocenters. The van der Waals surface area contributed by atoms with E-state index in [-0.39, 0.29) is 5.41 Å². The summed E-state index contributed by atoms with van der Waals surface area (Å²) in [6.45, 7) is 4.70. The first-order valence-corrected chi connectivity index (χ1v) is 19.1. The highest BCUT2D eigenvalue weighted by Gasteiger charge is 2.37. The number of fused-ring (bicyclic) bond motifs is 8. The Bertz CT molecular complexity index is 3130. The summed E-state index contributed by atoms with van der Waals surface area (Å²) in [6.07, 6.45) is 0. The van der Waals surface area contributed by atoms with Gasteiger partial charge in [-0.25, -0.2) is 0 Å². The Morgan fingerprint density at radius 3 is 1.85 bits per heavy atom. The van der Waals surface area contributed by atoms with Gasteiger partial charge in [0.25, 0.3) is 0 Å². The van der Waals surface area contributed by atoms with Crippen molar-refractivity contribution in [3.8, 4) is 33.4 Å². The molecule has 0 spiro atoms. The Morgan fingerprint density at radius 2 is 1.02 bits per heavy atom. The minimum Gasteiger partial charge on any atom is -0.456 e. The summed E-state index contributed by atoms with van der Waals surface area (Å²) in [5, 5.41) is 7.18. The quantitative estimate of drug-likeness (QED) is 0.177. The van der Waals surface area contributed by atoms with Crippen molar-refractivity contribution in [2.24, 2.45) is 0 Å². The van der Waals surface area contributed by atoms with Gasteiger partial charge in [-0.15, -0.1) is 0 Å². The van der Waals surface area contributed by atoms with Gasteiger partial charge in [0.1, 0.15) is 11.2 Å². The molecule has 1 aromatic heterocycles. The van der Waals surface area contributed by atoms with Crippen LogP contribution in [0.15, 0.2) is 192 Å². The fourth-order valence-corrected chi connectivity index (χ4v) is 8.99. The van der Waals surface area contributed by atoms with Crippen LogP contribution in [0.4, 0.5) is 17.1 Å². The number of anilines is 3. The molecule has 0 bridgehead atoms. The van der Waals surface area contributed by atoms with Crippen LogP contribution in [0.5, 0.6) is 0 Å². The first kappa shape index (κ1) is 31.6. The summed E-state index contributed by atoms with van der Waals surface area (Å²) < 4.78 is 6.33. The van der Waals surface area contributed by atoms with E-state index in [1.165, 1.54) is 60.6 Å². The third-order valence-corrected chi connectivity index (χ3v) is 11.8. The monoisotopic (exact) mass is 703 g/mol. The van der Waals surface area contributed by atoms with Gasteiger partial charge >= 0.3 is 0 Å². The lowest BCUT2D eigenvalue weighted by atomic mass is 9.82. The van der Waals surface area contributed by atoms with Gasteiger partial charge in [0.05, 0.1) is 5.69 Å². The smallest absolute Gasteiger partial charge is 0.136 e. The predicted octanol–water partition coefficient (Wildman–Crippen LogP) is 15.0. The van der Waals surface area contributed by atoms with Gasteiger partial charge in [0.15, 0.2) is 0 Å². The van der Waals surface area contributed by atoms with Crippen LogP contribution in [-0.4, -0.2) is 0 Å². The molecule has 0 atom stereocenters. The van der Waals surface area contributed by atoms with Crippen molar-refractivity contribution in [2.45, 2.75) is 19.3 Å². The first-order chi connectivity index (χ1) is 27.0. The molecule has 10 aromatic rings. The first-order valence-electron chi connectivity index (χ1n) is 19.1. The zero-order valence-electron chi connectivity index (χ0n) is 30.8. The number of rotatable bonds is 5. The summed E-state index contributed by atoms with van der Waals surface area (Å²) >= 11 is 0. The second-order valence-electron chi connectivity index (χ2n) is 15.4. The minimum atomic E-state index is -0.105. The summed E-state index contributed by atoms with van der Waals surface area (Å²) in [5.41, 5.74) is 15.2. The summed E-state index contributed by atoms with van der Waals surface area (Å²) in [6, 6.07) is 68.6. The topological polar surface area (TPSA) is 16.4 Å². The second-order valence-corrected chi connectivity index (χ2v) is 15.4. The maximum absolute atomic E-state index is 6.33. The van der Waals surface area contributed by atoms with Crippen molar-refractivity contribution < 1.29 is 4.42 Å². The average Bonchev–Trinajstić information content (AvgIpc) is 3.71. The molecule has 0 fully saturated rings. The number of hydrogen-bond acceptors (Lipinski definition) is 2. The van der Waals surface area contributed by atoms with E-state index in [1.807, 2.05) is 0 Å². The number of benzene rings is 9. The van der Waals surface area contributed by atoms with Gasteiger partial charge in [-0.2, -0.15) is 0 Å². The average molecular weight is 704 g/mol. The Kier molecular flexibility index (Phi) is 6.93. The zero-order chi connectivity index (χ0) is 36.7. The van der Waals surface area contributed by atoms with Crippen LogP contribution in [0.2, 0.25) is 0 Å². The molecule has 11 rings (SSSR count). The van der Waals surface area contributed by atoms with Gasteiger partial charge in [0, 0.05) is 33.1 Å². The fraction of sp³-hybridized carbons (Fsp3) is 0.0566. The highest BCUT2D eigenvalue weighted by molar-refractivity contribution is 6.11. The Morgan fingerprint density at radius 1 is 0.400 bits per heavy atom. The van der Waals surface area contributed by atoms with Crippen molar-refractivity contribution >= 4 is 60.5 Å². The molecular weight excluding hydrogens is 667 g/mol. The van der Waals surface area contributed by atoms with E-state index in [4.69, 9.17) is 4.42 Å². The van der Waals surface area contributed by atoms with E-state index >= 15 is 0 Å². The number of hydrogen-bond donors (Lipinski definition) is 0. The number of nitrogens with zero attached hydrogens (tertiary/aromatic N) is 1. The second kappa shape index (κ2) is 12.1. The van der Waals surface area contributed by atoms with Crippen LogP contribution in [0.3, 0.4) is 0 Å². The van der Waals surface area contributed by atoms with Gasteiger partial charge in [-0.3, -0.25) is 0 Å². The van der Waals surface area contributed by atoms with Crippen molar-refractivity contribution in [3.63, 3.8) is 0 Å². The van der Waals surface area contributed by atoms with Gasteiger partial charge in [0.2, 0.25) is 0 Å². The SMILES string of the molecule is CC1(C)c2ccccc2-c2c(N(c3ccc(-c4ccc5oc6cc7ccccc7cc6c5c4)cc3)c3cccc(-c4ccc5ccccc5c4)c3)cccc21. The molecule has 260 valence electrons. The molecule has 2 nitrogen and oxygen atoms in total. The molecule has 1 heterocycles. The molecule has 0 radical (unpaired) electrons. The van der Waals surface area contributed by atoms with Crippen LogP contribution in [-0.2, 0) is 5.41 Å². The van der Waals surface area contributed by atoms with Gasteiger partial charge in [-0.05, 0) is 121 Å². The van der Waals surface area contributed by atoms with Crippen molar-refractivity contribution in [1.29, 1.82) is 0 Å². The maximum Gasteiger partial charge on any atom is 0.136 e. The molecule has 0 saturated carbocycles. The summed E-state index contributed by atoms with van der Waals surface area (Å²) in [7, 11) is 0. The van der Waals surface area contributed by atoms with Crippen molar-refractivity contribution in [2.75, 3.05) is 4.90 Å². The molecule has 0 N–H and O–H groups in total. The van der Waals surface area contributed by atoms with Crippen LogP contribution < -0.4 is 4.90 Å². The van der Waals surface area contributed by atoms with Gasteiger partial charge in [-0.1, -0.05) is 141 Å². The molecule has 0 amide bonds. The lowest BCUT2D eigenvalue weighted by molar-refractivity contribution is 0.660. The van der Waals surface area contributed by atoms with E-state index in [0.29, 0.717) is 0 Å². The van der Waals surface area contributed by atoms with E-state index in [1.54, 1.807) is 0 Å². The van der Waals surface area contributed by atoms with Crippen LogP contribution in [0, 0.1) is 0 Å². The largest absolute Gasteiger partial charge is 0.456 e. The Labute approximate surface area is 320 Å². The minimum absolute atomic E-state index is 0.105. The normalized spacial score (nSPS) is 13.1. The predicted molar refractivity (Wildman–Crippen MR) is 232 cm³/mol. The lowest BCUT2D eigenvalue weighted by Crippen LogP contribution is -2.16. The third-order valence-electron chi connectivity index (χ3n) is 11.8. The van der Waals surface area contributed by atoms with E-state index < -0.39 is 0 Å². The Hall–Kier alpha value is -6.90. The molecule has 0 saturated heterocycles. The fourth-order valence-electron chi connectivity index (χ4n) is 8.99. The van der Waals surface area contributed by atoms with Crippen molar-refractivity contribution in [1.82, 2.24) is 0 Å². The zero-order valence-corrected chi connectivity index (χ0v) is 30.8. The van der Waals surface area contributed by atoms with Crippen LogP contribution in [0.25, 0.3) is 76.9 Å². The molecule has 55 heavy (non-hydrogen) atoms. The lowest BCUT2D eigenvalue weighted by Gasteiger charge is -2.29. The molecular formula is C53H37NO. The third kappa shape index (κ3) is 5.02. The highest BCUT2D eigenvalue weighted by atomic mass is 16.3. The molecule has 9 aromatic carbocycles. The highest BCUT2D eigenvalue weighted by Crippen LogP contribution is 2.54. The molecule has 0 aliphatic heterocycles. The van der Waals surface area contributed by atoms with Crippen molar-refractivity contribution in [3.05, 3.63) is 199 Å². The number of furan rings is 1. The summed E-state index contributed by atoms with van der Waals surface area (Å²) in [5.74, 6) is 0. The van der Waals surface area contributed by atoms with Gasteiger partial charge < -0.3 is 9.32 Å². The standard InChI is InChI=1S/C53H37NO/c1-53(2)47-18-8-7-17-44(47)52-48(53)19-10-20-49(52)54(43-16-9-15-37(30-43)40-22-21-34-11-3-4-12-36(34)29-40)42-26-23-35(24-27-42)41-25-28-50-45(32-41)46-31-38-13-5-6-14-39(38)33-51(46)55-50/h3-33H,1-2H3. The molecule has 1 aliphatic carbocycles. The molecule has 2 heteroatoms. The van der Waals surface area contributed by atoms with Crippen LogP contribution in [0.1, 0.15) is 25.0 Å². The molecule has 1 aliphatic rings. The van der Waals surface area contributed by atoms with E-state index in [2.05, 4.69) is 207 Å². The summed E-state index contributed by atoms with van der Waals surface area (Å²) in [4.78, 5) is 2.45. The van der Waals surface area contributed by atoms with E-state index in [9.17, 15) is 0 Å². The van der Waals surface area contributed by atoms with Crippen LogP contribution >= 0.6 is 0 Å².